The van der Waals surface area contributed by atoms with Gasteiger partial charge in [0.1, 0.15) is 17.9 Å². The van der Waals surface area contributed by atoms with Crippen LogP contribution in [-0.2, 0) is 16.1 Å². The van der Waals surface area contributed by atoms with Crippen LogP contribution in [0.3, 0.4) is 0 Å². The lowest BCUT2D eigenvalue weighted by molar-refractivity contribution is 0.0412. The number of carbonyl (C=O) groups is 2. The Morgan fingerprint density at radius 2 is 1.71 bits per heavy atom. The van der Waals surface area contributed by atoms with Crippen LogP contribution in [-0.4, -0.2) is 22.2 Å². The first-order valence-electron chi connectivity index (χ1n) is 7.82. The molecule has 0 aliphatic heterocycles. The van der Waals surface area contributed by atoms with E-state index in [0.29, 0.717) is 11.3 Å². The molecule has 0 spiro atoms. The third-order valence-electron chi connectivity index (χ3n) is 3.36. The van der Waals surface area contributed by atoms with Gasteiger partial charge in [-0.05, 0) is 51.8 Å². The number of ether oxygens (including phenoxy) is 2. The number of hydrogen-bond donors (Lipinski definition) is 0. The lowest BCUT2D eigenvalue weighted by Gasteiger charge is -2.21. The van der Waals surface area contributed by atoms with Crippen molar-refractivity contribution in [2.24, 2.45) is 0 Å². The molecule has 2 aromatic rings. The molecule has 1 heterocycles. The summed E-state index contributed by atoms with van der Waals surface area (Å²) in [6, 6.07) is 11.2. The average molecular weight is 329 g/mol. The van der Waals surface area contributed by atoms with Crippen molar-refractivity contribution in [2.45, 2.75) is 46.8 Å². The SMILES string of the molecule is Cc1cc(C)n(C(=O)OC(C)(C)C)c1C(=O)OCc1ccccc1. The van der Waals surface area contributed by atoms with Crippen molar-refractivity contribution in [3.05, 3.63) is 58.9 Å². The van der Waals surface area contributed by atoms with Crippen molar-refractivity contribution in [2.75, 3.05) is 0 Å². The van der Waals surface area contributed by atoms with Crippen molar-refractivity contribution in [1.29, 1.82) is 0 Å². The van der Waals surface area contributed by atoms with E-state index in [4.69, 9.17) is 9.47 Å². The van der Waals surface area contributed by atoms with Crippen molar-refractivity contribution in [3.63, 3.8) is 0 Å². The Morgan fingerprint density at radius 1 is 1.08 bits per heavy atom. The molecule has 5 nitrogen and oxygen atoms in total. The highest BCUT2D eigenvalue weighted by Crippen LogP contribution is 2.19. The molecule has 128 valence electrons. The van der Waals surface area contributed by atoms with E-state index in [1.54, 1.807) is 40.7 Å². The summed E-state index contributed by atoms with van der Waals surface area (Å²) in [5, 5.41) is 0. The summed E-state index contributed by atoms with van der Waals surface area (Å²) < 4.78 is 12.0. The van der Waals surface area contributed by atoms with Gasteiger partial charge in [0.2, 0.25) is 0 Å². The minimum absolute atomic E-state index is 0.150. The molecule has 0 N–H and O–H groups in total. The highest BCUT2D eigenvalue weighted by Gasteiger charge is 2.26. The van der Waals surface area contributed by atoms with E-state index < -0.39 is 17.7 Å². The molecule has 0 saturated heterocycles. The summed E-state index contributed by atoms with van der Waals surface area (Å²) >= 11 is 0. The Bertz CT molecular complexity index is 739. The molecule has 0 fully saturated rings. The van der Waals surface area contributed by atoms with Crippen molar-refractivity contribution < 1.29 is 19.1 Å². The topological polar surface area (TPSA) is 57.5 Å². The Hall–Kier alpha value is -2.56. The van der Waals surface area contributed by atoms with E-state index in [1.807, 2.05) is 30.3 Å². The third kappa shape index (κ3) is 4.25. The van der Waals surface area contributed by atoms with Gasteiger partial charge in [-0.2, -0.15) is 0 Å². The summed E-state index contributed by atoms with van der Waals surface area (Å²) in [6.45, 7) is 9.02. The highest BCUT2D eigenvalue weighted by atomic mass is 16.6. The van der Waals surface area contributed by atoms with Crippen LogP contribution in [0, 0.1) is 13.8 Å². The third-order valence-corrected chi connectivity index (χ3v) is 3.36. The maximum atomic E-state index is 12.5. The van der Waals surface area contributed by atoms with E-state index in [2.05, 4.69) is 0 Å². The second-order valence-electron chi connectivity index (χ2n) is 6.69. The molecule has 1 aromatic carbocycles. The normalized spacial score (nSPS) is 11.2. The number of hydrogen-bond acceptors (Lipinski definition) is 4. The van der Waals surface area contributed by atoms with Crippen molar-refractivity contribution >= 4 is 12.1 Å². The minimum Gasteiger partial charge on any atom is -0.456 e. The Morgan fingerprint density at radius 3 is 2.29 bits per heavy atom. The molecule has 24 heavy (non-hydrogen) atoms. The Balaban J connectivity index is 2.23. The molecule has 0 bridgehead atoms. The van der Waals surface area contributed by atoms with Gasteiger partial charge < -0.3 is 9.47 Å². The molecule has 5 heteroatoms. The molecule has 0 amide bonds. The van der Waals surface area contributed by atoms with Crippen LogP contribution in [0.15, 0.2) is 36.4 Å². The van der Waals surface area contributed by atoms with Gasteiger partial charge in [0.15, 0.2) is 0 Å². The summed E-state index contributed by atoms with van der Waals surface area (Å²) in [4.78, 5) is 24.9. The first-order chi connectivity index (χ1) is 11.2. The summed E-state index contributed by atoms with van der Waals surface area (Å²) in [5.41, 5.74) is 1.76. The van der Waals surface area contributed by atoms with Gasteiger partial charge in [-0.15, -0.1) is 0 Å². The van der Waals surface area contributed by atoms with Gasteiger partial charge in [-0.25, -0.2) is 14.2 Å². The summed E-state index contributed by atoms with van der Waals surface area (Å²) in [7, 11) is 0. The van der Waals surface area contributed by atoms with Crippen LogP contribution >= 0.6 is 0 Å². The van der Waals surface area contributed by atoms with Gasteiger partial charge in [-0.3, -0.25) is 0 Å². The molecule has 2 rings (SSSR count). The van der Waals surface area contributed by atoms with E-state index in [9.17, 15) is 9.59 Å². The standard InChI is InChI=1S/C19H23NO4/c1-13-11-14(2)20(18(22)24-19(3,4)5)16(13)17(21)23-12-15-9-7-6-8-10-15/h6-11H,12H2,1-5H3. The second-order valence-corrected chi connectivity index (χ2v) is 6.69. The van der Waals surface area contributed by atoms with Crippen molar-refractivity contribution in [3.8, 4) is 0 Å². The maximum Gasteiger partial charge on any atom is 0.419 e. The molecular weight excluding hydrogens is 306 g/mol. The van der Waals surface area contributed by atoms with Gasteiger partial charge in [0.05, 0.1) is 0 Å². The zero-order valence-corrected chi connectivity index (χ0v) is 14.8. The summed E-state index contributed by atoms with van der Waals surface area (Å²) in [5.74, 6) is -0.546. The molecule has 0 unspecified atom stereocenters. The predicted octanol–water partition coefficient (Wildman–Crippen LogP) is 4.25. The van der Waals surface area contributed by atoms with Crippen LogP contribution in [0.25, 0.3) is 0 Å². The lowest BCUT2D eigenvalue weighted by atomic mass is 10.2. The predicted molar refractivity (Wildman–Crippen MR) is 91.1 cm³/mol. The Labute approximate surface area is 142 Å². The van der Waals surface area contributed by atoms with Crippen LogP contribution < -0.4 is 0 Å². The quantitative estimate of drug-likeness (QED) is 0.790. The smallest absolute Gasteiger partial charge is 0.419 e. The van der Waals surface area contributed by atoms with E-state index in [0.717, 1.165) is 5.56 Å². The second kappa shape index (κ2) is 6.91. The summed E-state index contributed by atoms with van der Waals surface area (Å²) in [6.07, 6.45) is -0.584. The zero-order chi connectivity index (χ0) is 17.9. The fourth-order valence-corrected chi connectivity index (χ4v) is 2.39. The highest BCUT2D eigenvalue weighted by molar-refractivity contribution is 5.94. The Kier molecular flexibility index (Phi) is 5.12. The number of aromatic nitrogens is 1. The van der Waals surface area contributed by atoms with Gasteiger partial charge in [0, 0.05) is 5.69 Å². The lowest BCUT2D eigenvalue weighted by Crippen LogP contribution is -2.30. The first kappa shape index (κ1) is 17.8. The van der Waals surface area contributed by atoms with Crippen LogP contribution in [0.1, 0.15) is 48.1 Å². The molecule has 0 atom stereocenters. The first-order valence-corrected chi connectivity index (χ1v) is 7.82. The van der Waals surface area contributed by atoms with E-state index >= 15 is 0 Å². The number of rotatable bonds is 3. The number of aryl methyl sites for hydroxylation is 2. The molecule has 0 aliphatic rings. The molecule has 0 aliphatic carbocycles. The van der Waals surface area contributed by atoms with Gasteiger partial charge in [0.25, 0.3) is 0 Å². The van der Waals surface area contributed by atoms with Crippen LogP contribution in [0.2, 0.25) is 0 Å². The number of benzene rings is 1. The fourth-order valence-electron chi connectivity index (χ4n) is 2.39. The monoisotopic (exact) mass is 329 g/mol. The van der Waals surface area contributed by atoms with Gasteiger partial charge in [-0.1, -0.05) is 30.3 Å². The molecule has 0 radical (unpaired) electrons. The maximum absolute atomic E-state index is 12.5. The van der Waals surface area contributed by atoms with Crippen molar-refractivity contribution in [1.82, 2.24) is 4.57 Å². The molecule has 0 saturated carbocycles. The minimum atomic E-state index is -0.646. The van der Waals surface area contributed by atoms with Gasteiger partial charge >= 0.3 is 12.1 Å². The average Bonchev–Trinajstić information content (AvgIpc) is 2.78. The number of carbonyl (C=O) groups excluding carboxylic acids is 2. The van der Waals surface area contributed by atoms with E-state index in [1.165, 1.54) is 4.57 Å². The number of nitrogens with zero attached hydrogens (tertiary/aromatic N) is 1. The fraction of sp³-hybridized carbons (Fsp3) is 0.368. The van der Waals surface area contributed by atoms with Crippen LogP contribution in [0.5, 0.6) is 0 Å². The zero-order valence-electron chi connectivity index (χ0n) is 14.8. The van der Waals surface area contributed by atoms with Crippen LogP contribution in [0.4, 0.5) is 4.79 Å². The molecule has 1 aromatic heterocycles. The van der Waals surface area contributed by atoms with E-state index in [-0.39, 0.29) is 12.3 Å². The molecular formula is C19H23NO4. The number of esters is 1. The largest absolute Gasteiger partial charge is 0.456 e.